The monoisotopic (exact) mass is 170 g/mol. The maximum atomic E-state index is 11.4. The number of hydrogen-bond acceptors (Lipinski definition) is 2. The van der Waals surface area contributed by atoms with E-state index in [2.05, 4.69) is 20.8 Å². The molecule has 0 aromatic heterocycles. The van der Waals surface area contributed by atoms with Crippen molar-refractivity contribution < 1.29 is 9.53 Å². The largest absolute Gasteiger partial charge is 0.462 e. The maximum absolute atomic E-state index is 11.4. The fourth-order valence-corrected chi connectivity index (χ4v) is 1.62. The van der Waals surface area contributed by atoms with Crippen molar-refractivity contribution in [1.82, 2.24) is 0 Å². The molecule has 70 valence electrons. The maximum Gasteiger partial charge on any atom is 0.309 e. The van der Waals surface area contributed by atoms with E-state index in [0.29, 0.717) is 11.8 Å². The third kappa shape index (κ3) is 1.79. The van der Waals surface area contributed by atoms with Crippen LogP contribution in [0.1, 0.15) is 34.1 Å². The minimum atomic E-state index is -0.00407. The van der Waals surface area contributed by atoms with E-state index in [4.69, 9.17) is 4.74 Å². The van der Waals surface area contributed by atoms with E-state index in [9.17, 15) is 4.79 Å². The van der Waals surface area contributed by atoms with Gasteiger partial charge in [0.05, 0.1) is 5.92 Å². The highest BCUT2D eigenvalue weighted by Crippen LogP contribution is 2.30. The van der Waals surface area contributed by atoms with E-state index in [-0.39, 0.29) is 18.0 Å². The lowest BCUT2D eigenvalue weighted by Gasteiger charge is -2.33. The molecule has 1 unspecified atom stereocenters. The van der Waals surface area contributed by atoms with Crippen molar-refractivity contribution in [3.8, 4) is 0 Å². The number of hydrogen-bond donors (Lipinski definition) is 0. The third-order valence-electron chi connectivity index (χ3n) is 2.84. The summed E-state index contributed by atoms with van der Waals surface area (Å²) in [6.45, 7) is 8.27. The van der Waals surface area contributed by atoms with Crippen LogP contribution in [-0.4, -0.2) is 12.1 Å². The lowest BCUT2D eigenvalue weighted by Crippen LogP contribution is -2.37. The summed E-state index contributed by atoms with van der Waals surface area (Å²) in [4.78, 5) is 11.4. The molecule has 0 radical (unpaired) electrons. The van der Waals surface area contributed by atoms with E-state index in [1.54, 1.807) is 0 Å². The number of cyclic esters (lactones) is 1. The van der Waals surface area contributed by atoms with Crippen LogP contribution in [0, 0.1) is 17.8 Å². The molecule has 2 nitrogen and oxygen atoms in total. The highest BCUT2D eigenvalue weighted by atomic mass is 16.5. The van der Waals surface area contributed by atoms with Crippen LogP contribution in [0.5, 0.6) is 0 Å². The summed E-state index contributed by atoms with van der Waals surface area (Å²) < 4.78 is 5.23. The van der Waals surface area contributed by atoms with E-state index in [0.717, 1.165) is 6.42 Å². The van der Waals surface area contributed by atoms with E-state index >= 15 is 0 Å². The Morgan fingerprint density at radius 3 is 2.50 bits per heavy atom. The van der Waals surface area contributed by atoms with Crippen molar-refractivity contribution in [2.45, 2.75) is 40.2 Å². The van der Waals surface area contributed by atoms with Crippen molar-refractivity contribution in [2.75, 3.05) is 0 Å². The molecular weight excluding hydrogens is 152 g/mol. The average molecular weight is 170 g/mol. The van der Waals surface area contributed by atoms with Gasteiger partial charge in [0.2, 0.25) is 0 Å². The van der Waals surface area contributed by atoms with Gasteiger partial charge in [-0.3, -0.25) is 4.79 Å². The van der Waals surface area contributed by atoms with Gasteiger partial charge in [-0.1, -0.05) is 20.8 Å². The minimum absolute atomic E-state index is 0.00407. The Labute approximate surface area is 74.3 Å². The molecule has 0 bridgehead atoms. The molecule has 0 aromatic carbocycles. The Kier molecular flexibility index (Phi) is 2.76. The number of carbonyl (C=O) groups is 1. The van der Waals surface area contributed by atoms with E-state index < -0.39 is 0 Å². The molecule has 0 N–H and O–H groups in total. The van der Waals surface area contributed by atoms with Gasteiger partial charge < -0.3 is 4.74 Å². The highest BCUT2D eigenvalue weighted by Gasteiger charge is 2.34. The molecule has 0 aliphatic carbocycles. The van der Waals surface area contributed by atoms with Gasteiger partial charge in [-0.15, -0.1) is 0 Å². The average Bonchev–Trinajstić information content (AvgIpc) is 1.96. The van der Waals surface area contributed by atoms with Crippen LogP contribution < -0.4 is 0 Å². The molecule has 1 saturated heterocycles. The second-order valence-corrected chi connectivity index (χ2v) is 4.21. The van der Waals surface area contributed by atoms with Crippen LogP contribution in [0.25, 0.3) is 0 Å². The van der Waals surface area contributed by atoms with Gasteiger partial charge in [-0.05, 0) is 25.2 Å². The smallest absolute Gasteiger partial charge is 0.309 e. The van der Waals surface area contributed by atoms with E-state index in [1.165, 1.54) is 0 Å². The second kappa shape index (κ2) is 3.46. The van der Waals surface area contributed by atoms with Crippen molar-refractivity contribution in [1.29, 1.82) is 0 Å². The van der Waals surface area contributed by atoms with Gasteiger partial charge in [0.15, 0.2) is 0 Å². The third-order valence-corrected chi connectivity index (χ3v) is 2.84. The number of esters is 1. The molecule has 0 aromatic rings. The van der Waals surface area contributed by atoms with Gasteiger partial charge in [0.25, 0.3) is 0 Å². The zero-order chi connectivity index (χ0) is 9.30. The predicted octanol–water partition coefficient (Wildman–Crippen LogP) is 2.23. The summed E-state index contributed by atoms with van der Waals surface area (Å²) in [6, 6.07) is 0. The molecule has 12 heavy (non-hydrogen) atoms. The summed E-state index contributed by atoms with van der Waals surface area (Å²) in [5.74, 6) is 1.04. The summed E-state index contributed by atoms with van der Waals surface area (Å²) >= 11 is 0. The Balaban J connectivity index is 2.62. The van der Waals surface area contributed by atoms with Gasteiger partial charge in [0.1, 0.15) is 6.10 Å². The lowest BCUT2D eigenvalue weighted by molar-refractivity contribution is -0.165. The molecule has 1 rings (SSSR count). The Bertz CT molecular complexity index is 175. The van der Waals surface area contributed by atoms with Crippen molar-refractivity contribution in [3.05, 3.63) is 0 Å². The molecule has 0 spiro atoms. The molecule has 1 aliphatic rings. The van der Waals surface area contributed by atoms with Crippen molar-refractivity contribution in [2.24, 2.45) is 17.8 Å². The fourth-order valence-electron chi connectivity index (χ4n) is 1.62. The summed E-state index contributed by atoms with van der Waals surface area (Å²) in [5.41, 5.74) is 0. The Hall–Kier alpha value is -0.530. The first-order valence-corrected chi connectivity index (χ1v) is 4.73. The Morgan fingerprint density at radius 1 is 1.42 bits per heavy atom. The van der Waals surface area contributed by atoms with Gasteiger partial charge >= 0.3 is 5.97 Å². The van der Waals surface area contributed by atoms with E-state index in [1.807, 2.05) is 6.92 Å². The predicted molar refractivity (Wildman–Crippen MR) is 47.7 cm³/mol. The van der Waals surface area contributed by atoms with Crippen molar-refractivity contribution >= 4 is 5.97 Å². The summed E-state index contributed by atoms with van der Waals surface area (Å²) in [6.07, 6.45) is 1.09. The number of rotatable bonds is 1. The van der Waals surface area contributed by atoms with Crippen LogP contribution in [0.3, 0.4) is 0 Å². The normalized spacial score (nSPS) is 36.8. The van der Waals surface area contributed by atoms with Crippen molar-refractivity contribution in [3.63, 3.8) is 0 Å². The first kappa shape index (κ1) is 9.56. The first-order chi connectivity index (χ1) is 5.52. The minimum Gasteiger partial charge on any atom is -0.462 e. The molecule has 1 aliphatic heterocycles. The van der Waals surface area contributed by atoms with Crippen LogP contribution in [-0.2, 0) is 9.53 Å². The molecule has 1 fully saturated rings. The zero-order valence-electron chi connectivity index (χ0n) is 8.33. The number of carbonyl (C=O) groups excluding carboxylic acids is 1. The molecule has 0 amide bonds. The van der Waals surface area contributed by atoms with Gasteiger partial charge in [-0.25, -0.2) is 0 Å². The summed E-state index contributed by atoms with van der Waals surface area (Å²) in [5, 5.41) is 0. The molecule has 1 heterocycles. The Morgan fingerprint density at radius 2 is 2.00 bits per heavy atom. The fraction of sp³-hybridized carbons (Fsp3) is 0.900. The SMILES string of the molecule is CC(C)C1C[C@@H](C)[C@H](C)OC1=O. The zero-order valence-corrected chi connectivity index (χ0v) is 8.33. The molecule has 0 saturated carbocycles. The lowest BCUT2D eigenvalue weighted by atomic mass is 9.83. The molecule has 2 heteroatoms. The summed E-state index contributed by atoms with van der Waals surface area (Å²) in [7, 11) is 0. The first-order valence-electron chi connectivity index (χ1n) is 4.73. The second-order valence-electron chi connectivity index (χ2n) is 4.21. The van der Waals surface area contributed by atoms with Crippen LogP contribution >= 0.6 is 0 Å². The van der Waals surface area contributed by atoms with Crippen LogP contribution in [0.2, 0.25) is 0 Å². The van der Waals surface area contributed by atoms with Gasteiger partial charge in [0, 0.05) is 0 Å². The highest BCUT2D eigenvalue weighted by molar-refractivity contribution is 5.73. The molecule has 3 atom stereocenters. The molecular formula is C10H18O2. The van der Waals surface area contributed by atoms with Gasteiger partial charge in [-0.2, -0.15) is 0 Å². The van der Waals surface area contributed by atoms with Crippen LogP contribution in [0.4, 0.5) is 0 Å². The topological polar surface area (TPSA) is 26.3 Å². The standard InChI is InChI=1S/C10H18O2/c1-6(2)9-5-7(3)8(4)12-10(9)11/h6-9H,5H2,1-4H3/t7-,8+,9?/m1/s1. The number of ether oxygens (including phenoxy) is 1. The quantitative estimate of drug-likeness (QED) is 0.564. The van der Waals surface area contributed by atoms with Crippen LogP contribution in [0.15, 0.2) is 0 Å².